The second-order valence-corrected chi connectivity index (χ2v) is 12.5. The van der Waals surface area contributed by atoms with E-state index in [1.165, 1.54) is 34.0 Å². The van der Waals surface area contributed by atoms with E-state index < -0.39 is 102 Å². The zero-order valence-electron chi connectivity index (χ0n) is 26.7. The third-order valence-corrected chi connectivity index (χ3v) is 9.21. The Morgan fingerprint density at radius 2 is 1.60 bits per heavy atom. The van der Waals surface area contributed by atoms with Gasteiger partial charge in [0.05, 0.1) is 30.3 Å². The van der Waals surface area contributed by atoms with Crippen molar-refractivity contribution in [1.29, 1.82) is 0 Å². The van der Waals surface area contributed by atoms with Crippen molar-refractivity contribution in [1.82, 2.24) is 0 Å². The number of carbonyl (C=O) groups excluding carboxylic acids is 4. The summed E-state index contributed by atoms with van der Waals surface area (Å²) in [5.41, 5.74) is -0.809. The molecule has 13 atom stereocenters. The Bertz CT molecular complexity index is 1080. The number of esters is 1. The molecular weight excluding hydrogens is 560 g/mol. The van der Waals surface area contributed by atoms with Crippen LogP contribution < -0.4 is 0 Å². The van der Waals surface area contributed by atoms with Crippen LogP contribution in [-0.2, 0) is 33.4 Å². The molecule has 2 unspecified atom stereocenters. The fraction of sp³-hybridized carbons (Fsp3) is 0.750. The molecule has 1 fully saturated rings. The Morgan fingerprint density at radius 3 is 2.16 bits per heavy atom. The summed E-state index contributed by atoms with van der Waals surface area (Å²) >= 11 is 0. The zero-order valence-corrected chi connectivity index (χ0v) is 26.7. The Kier molecular flexibility index (Phi) is 13.0. The number of methoxy groups -OCH3 is 1. The van der Waals surface area contributed by atoms with E-state index in [1.807, 2.05) is 26.0 Å². The first kappa shape index (κ1) is 36.9. The van der Waals surface area contributed by atoms with Crippen molar-refractivity contribution in [3.8, 4) is 0 Å². The van der Waals surface area contributed by atoms with Gasteiger partial charge in [-0.1, -0.05) is 52.8 Å². The highest BCUT2D eigenvalue weighted by atomic mass is 16.6. The van der Waals surface area contributed by atoms with Gasteiger partial charge in [-0.05, 0) is 26.3 Å². The van der Waals surface area contributed by atoms with Gasteiger partial charge in [-0.3, -0.25) is 14.4 Å². The van der Waals surface area contributed by atoms with Gasteiger partial charge in [-0.2, -0.15) is 0 Å². The van der Waals surface area contributed by atoms with Gasteiger partial charge in [0.1, 0.15) is 35.7 Å². The van der Waals surface area contributed by atoms with E-state index >= 15 is 0 Å². The summed E-state index contributed by atoms with van der Waals surface area (Å²) in [6, 6.07) is 0. The van der Waals surface area contributed by atoms with Crippen LogP contribution in [0, 0.1) is 35.5 Å². The van der Waals surface area contributed by atoms with Crippen molar-refractivity contribution in [3.05, 3.63) is 23.8 Å². The Hall–Kier alpha value is -2.28. The molecule has 0 aromatic heterocycles. The monoisotopic (exact) mass is 610 g/mol. The summed E-state index contributed by atoms with van der Waals surface area (Å²) in [6.07, 6.45) is -2.96. The molecule has 0 spiro atoms. The molecule has 1 saturated heterocycles. The number of hydrogen-bond donors (Lipinski definition) is 4. The van der Waals surface area contributed by atoms with Crippen LogP contribution in [0.4, 0.5) is 0 Å². The summed E-state index contributed by atoms with van der Waals surface area (Å²) in [7, 11) is 1.22. The van der Waals surface area contributed by atoms with Crippen LogP contribution in [0.3, 0.4) is 0 Å². The molecule has 11 nitrogen and oxygen atoms in total. The average Bonchev–Trinajstić information content (AvgIpc) is 3.67. The number of rotatable bonds is 5. The summed E-state index contributed by atoms with van der Waals surface area (Å²) in [6.45, 7) is 12.3. The molecule has 0 amide bonds. The third kappa shape index (κ3) is 8.26. The highest BCUT2D eigenvalue weighted by Crippen LogP contribution is 2.47. The number of aliphatic hydroxyl groups is 4. The van der Waals surface area contributed by atoms with E-state index in [1.54, 1.807) is 20.8 Å². The molecule has 0 aromatic carbocycles. The van der Waals surface area contributed by atoms with Crippen LogP contribution in [0.2, 0.25) is 0 Å². The molecule has 0 aromatic rings. The smallest absolute Gasteiger partial charge is 0.337 e. The first-order valence-electron chi connectivity index (χ1n) is 14.9. The minimum Gasteiger partial charge on any atom is -0.463 e. The third-order valence-electron chi connectivity index (χ3n) is 9.21. The van der Waals surface area contributed by atoms with Gasteiger partial charge < -0.3 is 34.6 Å². The van der Waals surface area contributed by atoms with Crippen LogP contribution in [-0.4, -0.2) is 99.7 Å². The highest BCUT2D eigenvalue weighted by molar-refractivity contribution is 5.88. The Balaban J connectivity index is 2.50. The van der Waals surface area contributed by atoms with Gasteiger partial charge in [0.2, 0.25) is 0 Å². The van der Waals surface area contributed by atoms with E-state index in [9.17, 15) is 39.6 Å². The number of ketones is 3. The molecule has 43 heavy (non-hydrogen) atoms. The molecule has 2 heterocycles. The molecule has 4 N–H and O–H groups in total. The number of ether oxygens (including phenoxy) is 3. The topological polar surface area (TPSA) is 180 Å². The Morgan fingerprint density at radius 1 is 1.00 bits per heavy atom. The van der Waals surface area contributed by atoms with Crippen LogP contribution in [0.25, 0.3) is 0 Å². The number of carbonyl (C=O) groups is 4. The molecule has 11 heteroatoms. The van der Waals surface area contributed by atoms with E-state index in [2.05, 4.69) is 0 Å². The lowest BCUT2D eigenvalue weighted by Crippen LogP contribution is -2.49. The SMILES string of the molecule is C/C=C\[C@H](C)[C@H]1O[C@]1(C)[C@H](O)[C@H]1COC(=O)[C@H](O)C(OC)[C@H](C)C(=O)[C@H](C)C(O)/C(C)=C/[C@H](C)C(=O)C[C@H](O)[C@@H](C)C1=O. The molecule has 2 aliphatic heterocycles. The minimum absolute atomic E-state index is 0.0932. The molecule has 0 aliphatic carbocycles. The summed E-state index contributed by atoms with van der Waals surface area (Å²) in [5, 5.41) is 44.0. The largest absolute Gasteiger partial charge is 0.463 e. The van der Waals surface area contributed by atoms with Crippen molar-refractivity contribution < 1.29 is 53.8 Å². The van der Waals surface area contributed by atoms with Gasteiger partial charge in [0.25, 0.3) is 0 Å². The maximum absolute atomic E-state index is 13.7. The summed E-state index contributed by atoms with van der Waals surface area (Å²) in [5.74, 6) is -8.06. The van der Waals surface area contributed by atoms with Crippen LogP contribution >= 0.6 is 0 Å². The van der Waals surface area contributed by atoms with E-state index in [0.29, 0.717) is 5.57 Å². The lowest BCUT2D eigenvalue weighted by atomic mass is 9.79. The summed E-state index contributed by atoms with van der Waals surface area (Å²) < 4.78 is 16.5. The first-order chi connectivity index (χ1) is 19.9. The number of aliphatic hydroxyl groups excluding tert-OH is 4. The molecule has 0 bridgehead atoms. The van der Waals surface area contributed by atoms with Gasteiger partial charge in [-0.25, -0.2) is 4.79 Å². The minimum atomic E-state index is -1.92. The van der Waals surface area contributed by atoms with Crippen LogP contribution in [0.1, 0.15) is 61.8 Å². The van der Waals surface area contributed by atoms with Gasteiger partial charge in [0, 0.05) is 43.1 Å². The fourth-order valence-corrected chi connectivity index (χ4v) is 6.05. The quantitative estimate of drug-likeness (QED) is 0.202. The zero-order chi connectivity index (χ0) is 33.0. The summed E-state index contributed by atoms with van der Waals surface area (Å²) in [4.78, 5) is 53.0. The molecular formula is C32H50O11. The number of Topliss-reactive ketones (excluding diaryl/α,β-unsaturated/α-hetero) is 3. The van der Waals surface area contributed by atoms with Crippen molar-refractivity contribution in [2.24, 2.45) is 35.5 Å². The number of hydrogen-bond acceptors (Lipinski definition) is 11. The number of cyclic esters (lactones) is 1. The molecule has 0 radical (unpaired) electrons. The fourth-order valence-electron chi connectivity index (χ4n) is 6.05. The second kappa shape index (κ2) is 15.1. The maximum Gasteiger partial charge on any atom is 0.337 e. The lowest BCUT2D eigenvalue weighted by molar-refractivity contribution is -0.169. The van der Waals surface area contributed by atoms with Crippen molar-refractivity contribution in [2.45, 2.75) is 104 Å². The number of epoxide rings is 1. The molecule has 244 valence electrons. The van der Waals surface area contributed by atoms with E-state index in [4.69, 9.17) is 14.2 Å². The van der Waals surface area contributed by atoms with Crippen molar-refractivity contribution in [2.75, 3.05) is 13.7 Å². The van der Waals surface area contributed by atoms with Gasteiger partial charge >= 0.3 is 5.97 Å². The molecule has 0 saturated carbocycles. The predicted molar refractivity (Wildman–Crippen MR) is 157 cm³/mol. The average molecular weight is 611 g/mol. The van der Waals surface area contributed by atoms with Crippen molar-refractivity contribution in [3.63, 3.8) is 0 Å². The highest BCUT2D eigenvalue weighted by Gasteiger charge is 2.62. The normalized spacial score (nSPS) is 42.0. The standard InChI is InChI=1S/C32H50O11/c1-10-11-15(2)30-32(8,43-30)29(39)21-14-42-31(40)27(38)28(41-9)20(7)25(36)19(6)24(35)17(4)12-16(3)22(33)13-23(34)18(5)26(21)37/h10-12,15-16,18-21,23-24,27-30,34-35,38-39H,13-14H2,1-9H3/b11-10-,17-12+/t15-,16-,18+,19+,20+,21-,23-,24?,27+,28?,29+,30+,32+/m0/s1. The van der Waals surface area contributed by atoms with Gasteiger partial charge in [0.15, 0.2) is 6.10 Å². The molecule has 2 aliphatic rings. The Labute approximate surface area is 254 Å². The van der Waals surface area contributed by atoms with Gasteiger partial charge in [-0.15, -0.1) is 0 Å². The van der Waals surface area contributed by atoms with Crippen molar-refractivity contribution >= 4 is 23.3 Å². The van der Waals surface area contributed by atoms with Crippen LogP contribution in [0.15, 0.2) is 23.8 Å². The maximum atomic E-state index is 13.7. The van der Waals surface area contributed by atoms with E-state index in [0.717, 1.165) is 0 Å². The van der Waals surface area contributed by atoms with E-state index in [-0.39, 0.29) is 12.3 Å². The predicted octanol–water partition coefficient (Wildman–Crippen LogP) is 1.58. The molecule has 2 rings (SSSR count). The second-order valence-electron chi connectivity index (χ2n) is 12.5. The van der Waals surface area contributed by atoms with Crippen LogP contribution in [0.5, 0.6) is 0 Å². The number of allylic oxidation sites excluding steroid dienone is 2. The first-order valence-corrected chi connectivity index (χ1v) is 14.9. The lowest BCUT2D eigenvalue weighted by Gasteiger charge is -2.31.